The van der Waals surface area contributed by atoms with E-state index in [9.17, 15) is 4.79 Å². The van der Waals surface area contributed by atoms with Crippen molar-refractivity contribution in [1.29, 1.82) is 0 Å². The second-order valence-electron chi connectivity index (χ2n) is 6.41. The molecule has 0 saturated carbocycles. The first-order valence-corrected chi connectivity index (χ1v) is 9.25. The topological polar surface area (TPSA) is 58.6 Å². The molecule has 0 radical (unpaired) electrons. The van der Waals surface area contributed by atoms with Gasteiger partial charge in [0.2, 0.25) is 0 Å². The van der Waals surface area contributed by atoms with Crippen molar-refractivity contribution in [1.82, 2.24) is 9.97 Å². The number of hydrogen-bond donors (Lipinski definition) is 0. The minimum atomic E-state index is -0.420. The number of ether oxygens (including phenoxy) is 1. The van der Waals surface area contributed by atoms with Gasteiger partial charge < -0.3 is 14.5 Å². The molecule has 4 rings (SSSR count). The van der Waals surface area contributed by atoms with Crippen LogP contribution in [0, 0.1) is 0 Å². The molecule has 6 nitrogen and oxygen atoms in total. The van der Waals surface area contributed by atoms with Gasteiger partial charge >= 0.3 is 5.97 Å². The summed E-state index contributed by atoms with van der Waals surface area (Å²) in [5.74, 6) is 0.191. The number of para-hydroxylation sites is 3. The Kier molecular flexibility index (Phi) is 4.87. The highest BCUT2D eigenvalue weighted by molar-refractivity contribution is 5.95. The van der Waals surface area contributed by atoms with Crippen LogP contribution in [0.25, 0.3) is 11.0 Å². The Balaban J connectivity index is 1.62. The average molecular weight is 362 g/mol. The first-order valence-electron chi connectivity index (χ1n) is 9.25. The van der Waals surface area contributed by atoms with Gasteiger partial charge in [0, 0.05) is 31.9 Å². The molecular weight excluding hydrogens is 340 g/mol. The summed E-state index contributed by atoms with van der Waals surface area (Å²) in [7, 11) is 0. The van der Waals surface area contributed by atoms with Crippen LogP contribution >= 0.6 is 0 Å². The number of piperazine rings is 1. The molecule has 0 bridgehead atoms. The molecule has 27 heavy (non-hydrogen) atoms. The van der Waals surface area contributed by atoms with Gasteiger partial charge in [-0.05, 0) is 31.2 Å². The fraction of sp³-hybridized carbons (Fsp3) is 0.286. The zero-order valence-electron chi connectivity index (χ0n) is 15.3. The van der Waals surface area contributed by atoms with Crippen molar-refractivity contribution >= 4 is 28.5 Å². The Bertz CT molecular complexity index is 937. The summed E-state index contributed by atoms with van der Waals surface area (Å²) in [4.78, 5) is 26.2. The Labute approximate surface area is 158 Å². The highest BCUT2D eigenvalue weighted by Gasteiger charge is 2.25. The number of aromatic nitrogens is 2. The molecule has 1 saturated heterocycles. The predicted molar refractivity (Wildman–Crippen MR) is 106 cm³/mol. The first-order chi connectivity index (χ1) is 13.3. The van der Waals surface area contributed by atoms with Gasteiger partial charge in [0.1, 0.15) is 0 Å². The first kappa shape index (κ1) is 17.3. The maximum absolute atomic E-state index is 12.5. The van der Waals surface area contributed by atoms with Gasteiger partial charge in [-0.25, -0.2) is 14.8 Å². The third-order valence-electron chi connectivity index (χ3n) is 4.72. The molecule has 2 heterocycles. The lowest BCUT2D eigenvalue weighted by atomic mass is 10.2. The molecular formula is C21H22N4O2. The highest BCUT2D eigenvalue weighted by Crippen LogP contribution is 2.24. The van der Waals surface area contributed by atoms with E-state index in [4.69, 9.17) is 9.72 Å². The van der Waals surface area contributed by atoms with E-state index >= 15 is 0 Å². The van der Waals surface area contributed by atoms with Gasteiger partial charge in [-0.15, -0.1) is 0 Å². The lowest BCUT2D eigenvalue weighted by Gasteiger charge is -2.37. The number of rotatable bonds is 4. The molecule has 0 unspecified atom stereocenters. The third kappa shape index (κ3) is 3.56. The molecule has 1 fully saturated rings. The number of carbonyl (C=O) groups excluding carboxylic acids is 1. The van der Waals surface area contributed by atoms with E-state index in [-0.39, 0.29) is 0 Å². The molecule has 138 valence electrons. The largest absolute Gasteiger partial charge is 0.461 e. The third-order valence-corrected chi connectivity index (χ3v) is 4.72. The van der Waals surface area contributed by atoms with Crippen molar-refractivity contribution in [3.05, 3.63) is 60.3 Å². The summed E-state index contributed by atoms with van der Waals surface area (Å²) >= 11 is 0. The molecule has 0 amide bonds. The standard InChI is InChI=1S/C21H22N4O2/c1-2-27-21(26)19-20(23-18-11-7-6-10-17(18)22-19)25-14-12-24(13-15-25)16-8-4-3-5-9-16/h3-11H,2,12-15H2,1H3. The van der Waals surface area contributed by atoms with E-state index in [1.807, 2.05) is 30.3 Å². The number of benzene rings is 2. The van der Waals surface area contributed by atoms with Crippen molar-refractivity contribution in [2.24, 2.45) is 0 Å². The fourth-order valence-corrected chi connectivity index (χ4v) is 3.36. The van der Waals surface area contributed by atoms with Crippen molar-refractivity contribution in [3.63, 3.8) is 0 Å². The van der Waals surface area contributed by atoms with Crippen molar-refractivity contribution in [2.75, 3.05) is 42.6 Å². The van der Waals surface area contributed by atoms with Crippen LogP contribution in [0.1, 0.15) is 17.4 Å². The molecule has 6 heteroatoms. The zero-order chi connectivity index (χ0) is 18.6. The quantitative estimate of drug-likeness (QED) is 0.665. The van der Waals surface area contributed by atoms with E-state index in [0.717, 1.165) is 31.7 Å². The number of nitrogens with zero attached hydrogens (tertiary/aromatic N) is 4. The molecule has 2 aromatic carbocycles. The number of hydrogen-bond acceptors (Lipinski definition) is 6. The van der Waals surface area contributed by atoms with Crippen molar-refractivity contribution < 1.29 is 9.53 Å². The number of esters is 1. The van der Waals surface area contributed by atoms with E-state index in [1.54, 1.807) is 6.92 Å². The maximum atomic E-state index is 12.5. The van der Waals surface area contributed by atoms with Gasteiger partial charge in [0.05, 0.1) is 17.6 Å². The van der Waals surface area contributed by atoms with Gasteiger partial charge in [-0.2, -0.15) is 0 Å². The Morgan fingerprint density at radius 1 is 0.889 bits per heavy atom. The fourth-order valence-electron chi connectivity index (χ4n) is 3.36. The SMILES string of the molecule is CCOC(=O)c1nc2ccccc2nc1N1CCN(c2ccccc2)CC1. The van der Waals surface area contributed by atoms with E-state index in [1.165, 1.54) is 5.69 Å². The molecule has 3 aromatic rings. The smallest absolute Gasteiger partial charge is 0.360 e. The Hall–Kier alpha value is -3.15. The van der Waals surface area contributed by atoms with Crippen molar-refractivity contribution in [3.8, 4) is 0 Å². The molecule has 1 aliphatic rings. The number of anilines is 2. The van der Waals surface area contributed by atoms with Crippen LogP contribution in [0.4, 0.5) is 11.5 Å². The number of carbonyl (C=O) groups is 1. The molecule has 0 atom stereocenters. The zero-order valence-corrected chi connectivity index (χ0v) is 15.3. The van der Waals surface area contributed by atoms with Crippen LogP contribution in [0.5, 0.6) is 0 Å². The lowest BCUT2D eigenvalue weighted by Crippen LogP contribution is -2.47. The minimum absolute atomic E-state index is 0.295. The molecule has 0 N–H and O–H groups in total. The Morgan fingerprint density at radius 2 is 1.48 bits per heavy atom. The van der Waals surface area contributed by atoms with Crippen LogP contribution in [-0.4, -0.2) is 48.7 Å². The van der Waals surface area contributed by atoms with E-state index < -0.39 is 5.97 Å². The predicted octanol–water partition coefficient (Wildman–Crippen LogP) is 3.13. The Morgan fingerprint density at radius 3 is 2.15 bits per heavy atom. The summed E-state index contributed by atoms with van der Waals surface area (Å²) in [6.45, 7) is 5.38. The summed E-state index contributed by atoms with van der Waals surface area (Å²) in [5, 5.41) is 0. The lowest BCUT2D eigenvalue weighted by molar-refractivity contribution is 0.0520. The molecule has 1 aromatic heterocycles. The van der Waals surface area contributed by atoms with Crippen LogP contribution in [0.3, 0.4) is 0 Å². The number of fused-ring (bicyclic) bond motifs is 1. The molecule has 0 spiro atoms. The van der Waals surface area contributed by atoms with E-state index in [0.29, 0.717) is 23.6 Å². The summed E-state index contributed by atoms with van der Waals surface area (Å²) in [6, 6.07) is 18.0. The second kappa shape index (κ2) is 7.61. The van der Waals surface area contributed by atoms with E-state index in [2.05, 4.69) is 39.0 Å². The molecule has 0 aliphatic carbocycles. The average Bonchev–Trinajstić information content (AvgIpc) is 2.74. The normalized spacial score (nSPS) is 14.4. The van der Waals surface area contributed by atoms with Crippen LogP contribution in [-0.2, 0) is 4.74 Å². The van der Waals surface area contributed by atoms with Crippen LogP contribution in [0.2, 0.25) is 0 Å². The van der Waals surface area contributed by atoms with Gasteiger partial charge in [-0.3, -0.25) is 0 Å². The van der Waals surface area contributed by atoms with Gasteiger partial charge in [0.25, 0.3) is 0 Å². The van der Waals surface area contributed by atoms with Crippen molar-refractivity contribution in [2.45, 2.75) is 6.92 Å². The van der Waals surface area contributed by atoms with Crippen LogP contribution in [0.15, 0.2) is 54.6 Å². The summed E-state index contributed by atoms with van der Waals surface area (Å²) < 4.78 is 5.22. The second-order valence-corrected chi connectivity index (χ2v) is 6.41. The maximum Gasteiger partial charge on any atom is 0.360 e. The highest BCUT2D eigenvalue weighted by atomic mass is 16.5. The summed E-state index contributed by atoms with van der Waals surface area (Å²) in [6.07, 6.45) is 0. The van der Waals surface area contributed by atoms with Crippen LogP contribution < -0.4 is 9.80 Å². The molecule has 1 aliphatic heterocycles. The minimum Gasteiger partial charge on any atom is -0.461 e. The monoisotopic (exact) mass is 362 g/mol. The van der Waals surface area contributed by atoms with Gasteiger partial charge in [0.15, 0.2) is 11.5 Å². The summed E-state index contributed by atoms with van der Waals surface area (Å²) in [5.41, 5.74) is 2.99. The van der Waals surface area contributed by atoms with Gasteiger partial charge in [-0.1, -0.05) is 30.3 Å².